The summed E-state index contributed by atoms with van der Waals surface area (Å²) in [5.74, 6) is -0.889. The number of nitrogens with zero attached hydrogens (tertiary/aromatic N) is 1. The molecule has 0 aliphatic rings. The summed E-state index contributed by atoms with van der Waals surface area (Å²) < 4.78 is 4.80. The second-order valence-electron chi connectivity index (χ2n) is 3.12. The van der Waals surface area contributed by atoms with Gasteiger partial charge in [0.1, 0.15) is 5.92 Å². The van der Waals surface area contributed by atoms with Crippen molar-refractivity contribution < 1.29 is 9.53 Å². The first-order chi connectivity index (χ1) is 6.17. The van der Waals surface area contributed by atoms with Crippen LogP contribution in [0.25, 0.3) is 0 Å². The van der Waals surface area contributed by atoms with Crippen LogP contribution in [0.1, 0.15) is 33.6 Å². The molecule has 2 atom stereocenters. The quantitative estimate of drug-likeness (QED) is 0.613. The molecule has 3 heteroatoms. The fourth-order valence-electron chi connectivity index (χ4n) is 1.27. The van der Waals surface area contributed by atoms with Crippen molar-refractivity contribution in [2.24, 2.45) is 11.8 Å². The van der Waals surface area contributed by atoms with Crippen LogP contribution >= 0.6 is 0 Å². The molecule has 0 heterocycles. The number of hydrogen-bond donors (Lipinski definition) is 0. The van der Waals surface area contributed by atoms with E-state index in [1.54, 1.807) is 6.92 Å². The maximum atomic E-state index is 11.2. The van der Waals surface area contributed by atoms with Gasteiger partial charge in [-0.05, 0) is 19.3 Å². The summed E-state index contributed by atoms with van der Waals surface area (Å²) in [6.45, 7) is 6.04. The van der Waals surface area contributed by atoms with Gasteiger partial charge in [0.25, 0.3) is 0 Å². The minimum absolute atomic E-state index is 0.0917. The van der Waals surface area contributed by atoms with Crippen molar-refractivity contribution in [3.63, 3.8) is 0 Å². The molecule has 13 heavy (non-hydrogen) atoms. The summed E-state index contributed by atoms with van der Waals surface area (Å²) in [6, 6.07) is 2.00. The predicted octanol–water partition coefficient (Wildman–Crippen LogP) is 2.13. The lowest BCUT2D eigenvalue weighted by Gasteiger charge is -2.14. The minimum atomic E-state index is -0.597. The number of nitriles is 1. The maximum Gasteiger partial charge on any atom is 0.323 e. The summed E-state index contributed by atoms with van der Waals surface area (Å²) >= 11 is 0. The fourth-order valence-corrected chi connectivity index (χ4v) is 1.27. The number of carbonyl (C=O) groups is 1. The number of rotatable bonds is 5. The van der Waals surface area contributed by atoms with Gasteiger partial charge in [-0.25, -0.2) is 0 Å². The van der Waals surface area contributed by atoms with Crippen molar-refractivity contribution in [3.8, 4) is 6.07 Å². The van der Waals surface area contributed by atoms with Crippen LogP contribution in [0.15, 0.2) is 0 Å². The summed E-state index contributed by atoms with van der Waals surface area (Å²) in [4.78, 5) is 11.2. The third-order valence-electron chi connectivity index (χ3n) is 1.99. The van der Waals surface area contributed by atoms with E-state index in [2.05, 4.69) is 0 Å². The first-order valence-electron chi connectivity index (χ1n) is 4.73. The highest BCUT2D eigenvalue weighted by Crippen LogP contribution is 2.17. The smallest absolute Gasteiger partial charge is 0.323 e. The zero-order valence-corrected chi connectivity index (χ0v) is 8.54. The van der Waals surface area contributed by atoms with Crippen LogP contribution in [0.2, 0.25) is 0 Å². The number of hydrogen-bond acceptors (Lipinski definition) is 3. The Hall–Kier alpha value is -1.04. The van der Waals surface area contributed by atoms with Crippen molar-refractivity contribution in [1.82, 2.24) is 0 Å². The second-order valence-corrected chi connectivity index (χ2v) is 3.12. The Labute approximate surface area is 79.7 Å². The molecule has 0 aromatic carbocycles. The fraction of sp³-hybridized carbons (Fsp3) is 0.800. The van der Waals surface area contributed by atoms with Gasteiger partial charge in [-0.1, -0.05) is 20.3 Å². The Morgan fingerprint density at radius 2 is 2.15 bits per heavy atom. The maximum absolute atomic E-state index is 11.2. The summed E-state index contributed by atoms with van der Waals surface area (Å²) in [6.07, 6.45) is 1.87. The molecule has 0 aliphatic heterocycles. The molecule has 0 bridgehead atoms. The third kappa shape index (κ3) is 3.93. The zero-order chi connectivity index (χ0) is 10.3. The summed E-state index contributed by atoms with van der Waals surface area (Å²) in [7, 11) is 0. The lowest BCUT2D eigenvalue weighted by Crippen LogP contribution is -2.22. The van der Waals surface area contributed by atoms with Crippen LogP contribution < -0.4 is 0 Å². The molecule has 0 spiro atoms. The normalized spacial score (nSPS) is 14.3. The highest BCUT2D eigenvalue weighted by Gasteiger charge is 2.25. The van der Waals surface area contributed by atoms with Crippen molar-refractivity contribution >= 4 is 5.97 Å². The Bertz CT molecular complexity index is 196. The highest BCUT2D eigenvalue weighted by atomic mass is 16.5. The molecule has 2 unspecified atom stereocenters. The average Bonchev–Trinajstić information content (AvgIpc) is 2.06. The van der Waals surface area contributed by atoms with E-state index >= 15 is 0 Å². The number of ether oxygens (including phenoxy) is 1. The van der Waals surface area contributed by atoms with E-state index in [0.717, 1.165) is 12.8 Å². The van der Waals surface area contributed by atoms with E-state index in [4.69, 9.17) is 10.00 Å². The molecule has 0 rings (SSSR count). The molecule has 0 saturated carbocycles. The third-order valence-corrected chi connectivity index (χ3v) is 1.99. The number of carbonyl (C=O) groups excluding carboxylic acids is 1. The Morgan fingerprint density at radius 3 is 2.54 bits per heavy atom. The van der Waals surface area contributed by atoms with E-state index in [0.29, 0.717) is 6.61 Å². The van der Waals surface area contributed by atoms with E-state index in [1.165, 1.54) is 0 Å². The largest absolute Gasteiger partial charge is 0.465 e. The van der Waals surface area contributed by atoms with E-state index < -0.39 is 5.92 Å². The molecule has 0 saturated heterocycles. The van der Waals surface area contributed by atoms with Gasteiger partial charge in [-0.2, -0.15) is 5.26 Å². The molecule has 0 N–H and O–H groups in total. The van der Waals surface area contributed by atoms with Crippen LogP contribution in [0, 0.1) is 23.2 Å². The molecule has 3 nitrogen and oxygen atoms in total. The van der Waals surface area contributed by atoms with Crippen LogP contribution in [-0.2, 0) is 9.53 Å². The van der Waals surface area contributed by atoms with Gasteiger partial charge in [-0.3, -0.25) is 4.79 Å². The van der Waals surface area contributed by atoms with E-state index in [9.17, 15) is 4.79 Å². The van der Waals surface area contributed by atoms with Gasteiger partial charge >= 0.3 is 5.97 Å². The Morgan fingerprint density at radius 1 is 1.54 bits per heavy atom. The van der Waals surface area contributed by atoms with Gasteiger partial charge in [0.05, 0.1) is 12.7 Å². The zero-order valence-electron chi connectivity index (χ0n) is 8.54. The van der Waals surface area contributed by atoms with Crippen molar-refractivity contribution in [2.45, 2.75) is 33.6 Å². The van der Waals surface area contributed by atoms with Gasteiger partial charge in [0.2, 0.25) is 0 Å². The SMILES string of the molecule is CCCC(C)C(C#N)C(=O)OCC. The standard InChI is InChI=1S/C10H17NO2/c1-4-6-8(3)9(7-11)10(12)13-5-2/h8-9H,4-6H2,1-3H3. The van der Waals surface area contributed by atoms with Crippen molar-refractivity contribution in [3.05, 3.63) is 0 Å². The molecular weight excluding hydrogens is 166 g/mol. The molecular formula is C10H17NO2. The monoisotopic (exact) mass is 183 g/mol. The lowest BCUT2D eigenvalue weighted by molar-refractivity contribution is -0.147. The topological polar surface area (TPSA) is 50.1 Å². The van der Waals surface area contributed by atoms with Gasteiger partial charge in [0, 0.05) is 0 Å². The van der Waals surface area contributed by atoms with Gasteiger partial charge < -0.3 is 4.74 Å². The van der Waals surface area contributed by atoms with Crippen molar-refractivity contribution in [1.29, 1.82) is 5.26 Å². The van der Waals surface area contributed by atoms with Crippen LogP contribution in [0.3, 0.4) is 0 Å². The summed E-state index contributed by atoms with van der Waals surface area (Å²) in [5.41, 5.74) is 0. The molecule has 0 aromatic rings. The summed E-state index contributed by atoms with van der Waals surface area (Å²) in [5, 5.41) is 8.77. The Kier molecular flexibility index (Phi) is 5.96. The average molecular weight is 183 g/mol. The molecule has 0 fully saturated rings. The second kappa shape index (κ2) is 6.47. The molecule has 0 aromatic heterocycles. The van der Waals surface area contributed by atoms with Crippen LogP contribution in [0.5, 0.6) is 0 Å². The highest BCUT2D eigenvalue weighted by molar-refractivity contribution is 5.75. The van der Waals surface area contributed by atoms with Gasteiger partial charge in [0.15, 0.2) is 0 Å². The van der Waals surface area contributed by atoms with Gasteiger partial charge in [-0.15, -0.1) is 0 Å². The van der Waals surface area contributed by atoms with Crippen molar-refractivity contribution in [2.75, 3.05) is 6.61 Å². The molecule has 0 radical (unpaired) electrons. The van der Waals surface area contributed by atoms with Crippen LogP contribution in [-0.4, -0.2) is 12.6 Å². The molecule has 0 aliphatic carbocycles. The molecule has 74 valence electrons. The first-order valence-corrected chi connectivity index (χ1v) is 4.73. The van der Waals surface area contributed by atoms with E-state index in [1.807, 2.05) is 19.9 Å². The number of esters is 1. The Balaban J connectivity index is 4.17. The predicted molar refractivity (Wildman–Crippen MR) is 49.8 cm³/mol. The molecule has 0 amide bonds. The minimum Gasteiger partial charge on any atom is -0.465 e. The van der Waals surface area contributed by atoms with E-state index in [-0.39, 0.29) is 11.9 Å². The lowest BCUT2D eigenvalue weighted by atomic mass is 9.91. The van der Waals surface area contributed by atoms with Crippen LogP contribution in [0.4, 0.5) is 0 Å². The first kappa shape index (κ1) is 12.0.